The summed E-state index contributed by atoms with van der Waals surface area (Å²) in [5, 5.41) is 14.5. The number of ether oxygens (including phenoxy) is 2. The lowest BCUT2D eigenvalue weighted by Crippen LogP contribution is -2.48. The van der Waals surface area contributed by atoms with Gasteiger partial charge in [0.2, 0.25) is 5.91 Å². The molecule has 3 atom stereocenters. The third-order valence-corrected chi connectivity index (χ3v) is 2.97. The Morgan fingerprint density at radius 2 is 2.22 bits per heavy atom. The van der Waals surface area contributed by atoms with E-state index in [0.29, 0.717) is 13.0 Å². The van der Waals surface area contributed by atoms with Crippen molar-refractivity contribution < 1.29 is 24.2 Å². The zero-order valence-corrected chi connectivity index (χ0v) is 10.6. The van der Waals surface area contributed by atoms with Gasteiger partial charge in [0, 0.05) is 33.8 Å². The van der Waals surface area contributed by atoms with Crippen LogP contribution in [0.4, 0.5) is 0 Å². The summed E-state index contributed by atoms with van der Waals surface area (Å²) >= 11 is 0. The molecule has 0 aromatic rings. The van der Waals surface area contributed by atoms with E-state index in [4.69, 9.17) is 14.6 Å². The Labute approximate surface area is 106 Å². The highest BCUT2D eigenvalue weighted by Crippen LogP contribution is 2.10. The van der Waals surface area contributed by atoms with E-state index in [0.717, 1.165) is 0 Å². The summed E-state index contributed by atoms with van der Waals surface area (Å²) in [7, 11) is 3.08. The summed E-state index contributed by atoms with van der Waals surface area (Å²) in [4.78, 5) is 22.8. The molecule has 7 nitrogen and oxygen atoms in total. The van der Waals surface area contributed by atoms with Crippen molar-refractivity contribution in [3.63, 3.8) is 0 Å². The molecule has 0 bridgehead atoms. The maximum Gasteiger partial charge on any atom is 0.326 e. The highest BCUT2D eigenvalue weighted by Gasteiger charge is 2.31. The number of carbonyl (C=O) groups excluding carboxylic acids is 1. The molecule has 1 aliphatic heterocycles. The molecule has 0 radical (unpaired) electrons. The monoisotopic (exact) mass is 260 g/mol. The molecule has 1 heterocycles. The fourth-order valence-electron chi connectivity index (χ4n) is 1.85. The van der Waals surface area contributed by atoms with Crippen molar-refractivity contribution >= 4 is 11.9 Å². The largest absolute Gasteiger partial charge is 0.480 e. The number of hydrogen-bond acceptors (Lipinski definition) is 5. The van der Waals surface area contributed by atoms with E-state index in [2.05, 4.69) is 10.6 Å². The van der Waals surface area contributed by atoms with Gasteiger partial charge in [0.05, 0.1) is 12.1 Å². The molecule has 0 aliphatic carbocycles. The highest BCUT2D eigenvalue weighted by molar-refractivity contribution is 5.87. The lowest BCUT2D eigenvalue weighted by Gasteiger charge is -2.17. The predicted octanol–water partition coefficient (Wildman–Crippen LogP) is -1.03. The molecule has 3 N–H and O–H groups in total. The highest BCUT2D eigenvalue weighted by atomic mass is 16.5. The second-order valence-corrected chi connectivity index (χ2v) is 4.24. The van der Waals surface area contributed by atoms with Crippen molar-refractivity contribution in [2.75, 3.05) is 27.4 Å². The van der Waals surface area contributed by atoms with Crippen LogP contribution in [0.15, 0.2) is 0 Å². The summed E-state index contributed by atoms with van der Waals surface area (Å²) in [6.07, 6.45) is 0.805. The number of hydrogen-bond donors (Lipinski definition) is 3. The molecular formula is C11H20N2O5. The van der Waals surface area contributed by atoms with E-state index < -0.39 is 12.0 Å². The summed E-state index contributed by atoms with van der Waals surface area (Å²) in [6, 6.07) is -1.31. The fourth-order valence-corrected chi connectivity index (χ4v) is 1.85. The van der Waals surface area contributed by atoms with Gasteiger partial charge in [-0.05, 0) is 6.42 Å². The first-order chi connectivity index (χ1) is 8.58. The molecule has 0 spiro atoms. The Bertz CT molecular complexity index is 297. The lowest BCUT2D eigenvalue weighted by molar-refractivity contribution is -0.142. The number of carbonyl (C=O) groups is 2. The molecule has 1 amide bonds. The Hall–Kier alpha value is -1.18. The van der Waals surface area contributed by atoms with E-state index in [1.165, 1.54) is 7.11 Å². The molecule has 1 rings (SSSR count). The first-order valence-electron chi connectivity index (χ1n) is 5.86. The van der Waals surface area contributed by atoms with Crippen LogP contribution in [0.3, 0.4) is 0 Å². The van der Waals surface area contributed by atoms with Gasteiger partial charge in [0.25, 0.3) is 0 Å². The maximum atomic E-state index is 11.9. The van der Waals surface area contributed by atoms with E-state index >= 15 is 0 Å². The van der Waals surface area contributed by atoms with Crippen molar-refractivity contribution in [3.05, 3.63) is 0 Å². The number of carboxylic acid groups (broad SMARTS) is 1. The second-order valence-electron chi connectivity index (χ2n) is 4.24. The summed E-state index contributed by atoms with van der Waals surface area (Å²) in [6.45, 7) is 0.889. The topological polar surface area (TPSA) is 96.9 Å². The number of aliphatic carboxylic acids is 1. The van der Waals surface area contributed by atoms with Crippen LogP contribution < -0.4 is 10.6 Å². The van der Waals surface area contributed by atoms with Crippen LogP contribution in [-0.4, -0.2) is 62.5 Å². The number of amides is 1. The number of carboxylic acids is 1. The quantitative estimate of drug-likeness (QED) is 0.541. The Morgan fingerprint density at radius 3 is 2.72 bits per heavy atom. The van der Waals surface area contributed by atoms with Crippen LogP contribution >= 0.6 is 0 Å². The average molecular weight is 260 g/mol. The minimum atomic E-state index is -1.05. The maximum absolute atomic E-state index is 11.9. The van der Waals surface area contributed by atoms with Gasteiger partial charge in [-0.1, -0.05) is 0 Å². The molecule has 104 valence electrons. The lowest BCUT2D eigenvalue weighted by atomic mass is 10.1. The van der Waals surface area contributed by atoms with Crippen LogP contribution in [-0.2, 0) is 19.1 Å². The summed E-state index contributed by atoms with van der Waals surface area (Å²) < 4.78 is 9.94. The van der Waals surface area contributed by atoms with Crippen molar-refractivity contribution in [3.8, 4) is 0 Å². The van der Waals surface area contributed by atoms with Gasteiger partial charge in [-0.2, -0.15) is 0 Å². The van der Waals surface area contributed by atoms with Crippen molar-refractivity contribution in [2.24, 2.45) is 0 Å². The van der Waals surface area contributed by atoms with Crippen LogP contribution in [0.2, 0.25) is 0 Å². The van der Waals surface area contributed by atoms with Crippen LogP contribution in [0.5, 0.6) is 0 Å². The SMILES string of the molecule is COCCC(NC(=O)C1CC(OC)CN1)C(=O)O. The van der Waals surface area contributed by atoms with Gasteiger partial charge in [0.15, 0.2) is 0 Å². The van der Waals surface area contributed by atoms with Crippen LogP contribution in [0.25, 0.3) is 0 Å². The van der Waals surface area contributed by atoms with Crippen LogP contribution in [0, 0.1) is 0 Å². The van der Waals surface area contributed by atoms with Gasteiger partial charge in [0.1, 0.15) is 6.04 Å². The normalized spacial score (nSPS) is 24.8. The van der Waals surface area contributed by atoms with Crippen LogP contribution in [0.1, 0.15) is 12.8 Å². The van der Waals surface area contributed by atoms with Crippen molar-refractivity contribution in [2.45, 2.75) is 31.0 Å². The zero-order chi connectivity index (χ0) is 13.5. The average Bonchev–Trinajstić information content (AvgIpc) is 2.82. The zero-order valence-electron chi connectivity index (χ0n) is 10.6. The van der Waals surface area contributed by atoms with E-state index in [1.807, 2.05) is 0 Å². The molecule has 18 heavy (non-hydrogen) atoms. The molecule has 1 saturated heterocycles. The molecule has 0 saturated carbocycles. The van der Waals surface area contributed by atoms with Gasteiger partial charge in [-0.15, -0.1) is 0 Å². The van der Waals surface area contributed by atoms with Crippen molar-refractivity contribution in [1.82, 2.24) is 10.6 Å². The third-order valence-electron chi connectivity index (χ3n) is 2.97. The van der Waals surface area contributed by atoms with E-state index in [9.17, 15) is 9.59 Å². The minimum Gasteiger partial charge on any atom is -0.480 e. The predicted molar refractivity (Wildman–Crippen MR) is 63.3 cm³/mol. The molecule has 1 aliphatic rings. The first-order valence-corrected chi connectivity index (χ1v) is 5.86. The molecule has 0 aromatic heterocycles. The Kier molecular flexibility index (Phi) is 6.03. The number of methoxy groups -OCH3 is 2. The summed E-state index contributed by atoms with van der Waals surface area (Å²) in [5.41, 5.74) is 0. The van der Waals surface area contributed by atoms with Gasteiger partial charge >= 0.3 is 5.97 Å². The molecular weight excluding hydrogens is 240 g/mol. The first kappa shape index (κ1) is 14.9. The smallest absolute Gasteiger partial charge is 0.326 e. The van der Waals surface area contributed by atoms with Crippen molar-refractivity contribution in [1.29, 1.82) is 0 Å². The second kappa shape index (κ2) is 7.30. The molecule has 0 aromatic carbocycles. The third kappa shape index (κ3) is 4.25. The van der Waals surface area contributed by atoms with Gasteiger partial charge in [-0.3, -0.25) is 4.79 Å². The molecule has 1 fully saturated rings. The van der Waals surface area contributed by atoms with E-state index in [1.54, 1.807) is 7.11 Å². The molecule has 7 heteroatoms. The molecule has 3 unspecified atom stereocenters. The van der Waals surface area contributed by atoms with Gasteiger partial charge in [-0.25, -0.2) is 4.79 Å². The van der Waals surface area contributed by atoms with Gasteiger partial charge < -0.3 is 25.2 Å². The fraction of sp³-hybridized carbons (Fsp3) is 0.818. The number of nitrogens with one attached hydrogen (secondary N) is 2. The standard InChI is InChI=1S/C11H20N2O5/c1-17-4-3-8(11(15)16)13-10(14)9-5-7(18-2)6-12-9/h7-9,12H,3-6H2,1-2H3,(H,13,14)(H,15,16). The summed E-state index contributed by atoms with van der Waals surface area (Å²) in [5.74, 6) is -1.36. The number of rotatable bonds is 7. The van der Waals surface area contributed by atoms with E-state index in [-0.39, 0.29) is 31.1 Å². The Balaban J connectivity index is 2.43. The minimum absolute atomic E-state index is 0.00278. The Morgan fingerprint density at radius 1 is 1.50 bits per heavy atom.